The number of hydrogen-bond donors (Lipinski definition) is 1. The van der Waals surface area contributed by atoms with E-state index in [0.29, 0.717) is 17.1 Å². The number of methoxy groups -OCH3 is 2. The Morgan fingerprint density at radius 3 is 2.24 bits per heavy atom. The van der Waals surface area contributed by atoms with E-state index in [9.17, 15) is 14.0 Å². The zero-order chi connectivity index (χ0) is 20.8. The van der Waals surface area contributed by atoms with E-state index in [1.807, 2.05) is 0 Å². The van der Waals surface area contributed by atoms with Crippen LogP contribution < -0.4 is 14.8 Å². The third-order valence-corrected chi connectivity index (χ3v) is 4.46. The van der Waals surface area contributed by atoms with Gasteiger partial charge in [-0.15, -0.1) is 0 Å². The number of rotatable bonds is 7. The van der Waals surface area contributed by atoms with Crippen LogP contribution in [0.25, 0.3) is 0 Å². The second kappa shape index (κ2) is 9.01. The van der Waals surface area contributed by atoms with Crippen molar-refractivity contribution in [1.82, 2.24) is 5.32 Å². The van der Waals surface area contributed by atoms with E-state index in [-0.39, 0.29) is 23.5 Å². The molecule has 3 rings (SSSR count). The van der Waals surface area contributed by atoms with E-state index >= 15 is 0 Å². The van der Waals surface area contributed by atoms with Crippen LogP contribution in [0.2, 0.25) is 0 Å². The average Bonchev–Trinajstić information content (AvgIpc) is 2.77. The molecule has 0 heterocycles. The Balaban J connectivity index is 1.80. The molecule has 5 nitrogen and oxygen atoms in total. The van der Waals surface area contributed by atoms with Crippen molar-refractivity contribution in [1.29, 1.82) is 0 Å². The summed E-state index contributed by atoms with van der Waals surface area (Å²) in [6.45, 7) is 0.213. The smallest absolute Gasteiger partial charge is 0.252 e. The molecule has 0 aromatic heterocycles. The van der Waals surface area contributed by atoms with Crippen molar-refractivity contribution in [3.63, 3.8) is 0 Å². The average molecular weight is 393 g/mol. The first-order valence-corrected chi connectivity index (χ1v) is 8.92. The molecule has 0 bridgehead atoms. The minimum absolute atomic E-state index is 0.213. The highest BCUT2D eigenvalue weighted by Crippen LogP contribution is 2.24. The predicted octanol–water partition coefficient (Wildman–Crippen LogP) is 4.00. The van der Waals surface area contributed by atoms with Gasteiger partial charge in [0.25, 0.3) is 5.91 Å². The van der Waals surface area contributed by atoms with Gasteiger partial charge in [0.15, 0.2) is 5.78 Å². The van der Waals surface area contributed by atoms with Crippen molar-refractivity contribution in [2.45, 2.75) is 6.54 Å². The molecule has 148 valence electrons. The first kappa shape index (κ1) is 20.1. The molecular formula is C23H20FNO4. The first-order chi connectivity index (χ1) is 14.0. The minimum Gasteiger partial charge on any atom is -0.497 e. The van der Waals surface area contributed by atoms with Gasteiger partial charge in [-0.25, -0.2) is 4.39 Å². The highest BCUT2D eigenvalue weighted by molar-refractivity contribution is 6.15. The second-order valence-corrected chi connectivity index (χ2v) is 6.24. The number of nitrogens with one attached hydrogen (secondary N) is 1. The number of amides is 1. The van der Waals surface area contributed by atoms with Gasteiger partial charge in [-0.1, -0.05) is 18.2 Å². The van der Waals surface area contributed by atoms with Gasteiger partial charge in [0.05, 0.1) is 19.8 Å². The van der Waals surface area contributed by atoms with Crippen LogP contribution in [0.1, 0.15) is 31.8 Å². The lowest BCUT2D eigenvalue weighted by molar-refractivity contribution is 0.0939. The van der Waals surface area contributed by atoms with Crippen molar-refractivity contribution in [3.05, 3.63) is 94.8 Å². The topological polar surface area (TPSA) is 64.6 Å². The summed E-state index contributed by atoms with van der Waals surface area (Å²) in [4.78, 5) is 25.6. The van der Waals surface area contributed by atoms with Gasteiger partial charge < -0.3 is 14.8 Å². The Hall–Kier alpha value is -3.67. The summed E-state index contributed by atoms with van der Waals surface area (Å²) >= 11 is 0. The summed E-state index contributed by atoms with van der Waals surface area (Å²) < 4.78 is 23.6. The van der Waals surface area contributed by atoms with Crippen LogP contribution in [0.15, 0.2) is 66.7 Å². The maximum atomic E-state index is 13.1. The zero-order valence-electron chi connectivity index (χ0n) is 16.1. The minimum atomic E-state index is -0.430. The Kier molecular flexibility index (Phi) is 6.24. The highest BCUT2D eigenvalue weighted by atomic mass is 19.1. The van der Waals surface area contributed by atoms with E-state index in [4.69, 9.17) is 9.47 Å². The van der Waals surface area contributed by atoms with Gasteiger partial charge in [0.2, 0.25) is 0 Å². The van der Waals surface area contributed by atoms with Gasteiger partial charge in [0.1, 0.15) is 17.3 Å². The molecular weight excluding hydrogens is 373 g/mol. The number of ether oxygens (including phenoxy) is 2. The molecule has 0 radical (unpaired) electrons. The summed E-state index contributed by atoms with van der Waals surface area (Å²) in [6.07, 6.45) is 0. The maximum absolute atomic E-state index is 13.1. The lowest BCUT2D eigenvalue weighted by Crippen LogP contribution is -2.25. The molecule has 1 N–H and O–H groups in total. The standard InChI is InChI=1S/C23H20FNO4/c1-28-18-12-9-16(21(13-18)29-2)14-25-23(27)20-6-4-3-5-19(20)22(26)15-7-10-17(24)11-8-15/h3-13H,14H2,1-2H3,(H,25,27). The van der Waals surface area contributed by atoms with Crippen molar-refractivity contribution >= 4 is 11.7 Å². The molecule has 0 unspecified atom stereocenters. The largest absolute Gasteiger partial charge is 0.497 e. The number of hydrogen-bond acceptors (Lipinski definition) is 4. The molecule has 1 amide bonds. The lowest BCUT2D eigenvalue weighted by Gasteiger charge is -2.13. The number of carbonyl (C=O) groups is 2. The highest BCUT2D eigenvalue weighted by Gasteiger charge is 2.18. The second-order valence-electron chi connectivity index (χ2n) is 6.24. The number of carbonyl (C=O) groups excluding carboxylic acids is 2. The van der Waals surface area contributed by atoms with Gasteiger partial charge in [-0.2, -0.15) is 0 Å². The third kappa shape index (κ3) is 4.60. The van der Waals surface area contributed by atoms with Crippen molar-refractivity contribution in [2.24, 2.45) is 0 Å². The Morgan fingerprint density at radius 2 is 1.59 bits per heavy atom. The van der Waals surface area contributed by atoms with E-state index in [2.05, 4.69) is 5.32 Å². The monoisotopic (exact) mass is 393 g/mol. The lowest BCUT2D eigenvalue weighted by atomic mass is 9.98. The molecule has 3 aromatic carbocycles. The van der Waals surface area contributed by atoms with Crippen molar-refractivity contribution < 1.29 is 23.5 Å². The summed E-state index contributed by atoms with van der Waals surface area (Å²) in [5, 5.41) is 2.81. The number of benzene rings is 3. The normalized spacial score (nSPS) is 10.3. The predicted molar refractivity (Wildman–Crippen MR) is 107 cm³/mol. The van der Waals surface area contributed by atoms with Crippen molar-refractivity contribution in [2.75, 3.05) is 14.2 Å². The third-order valence-electron chi connectivity index (χ3n) is 4.46. The molecule has 0 saturated heterocycles. The van der Waals surface area contributed by atoms with Crippen LogP contribution >= 0.6 is 0 Å². The zero-order valence-corrected chi connectivity index (χ0v) is 16.1. The molecule has 0 aliphatic rings. The van der Waals surface area contributed by atoms with Gasteiger partial charge in [-0.05, 0) is 42.5 Å². The number of halogens is 1. The Morgan fingerprint density at radius 1 is 0.897 bits per heavy atom. The van der Waals surface area contributed by atoms with Crippen molar-refractivity contribution in [3.8, 4) is 11.5 Å². The summed E-state index contributed by atoms with van der Waals surface area (Å²) in [5.74, 6) is 0.0558. The molecule has 0 atom stereocenters. The molecule has 29 heavy (non-hydrogen) atoms. The van der Waals surface area contributed by atoms with Crippen LogP contribution in [0.5, 0.6) is 11.5 Å². The molecule has 0 aliphatic carbocycles. The molecule has 0 saturated carbocycles. The van der Waals surface area contributed by atoms with Gasteiger partial charge in [0, 0.05) is 29.3 Å². The maximum Gasteiger partial charge on any atom is 0.252 e. The van der Waals surface area contributed by atoms with E-state index < -0.39 is 11.7 Å². The quantitative estimate of drug-likeness (QED) is 0.616. The van der Waals surface area contributed by atoms with E-state index in [0.717, 1.165) is 5.56 Å². The van der Waals surface area contributed by atoms with E-state index in [1.165, 1.54) is 31.4 Å². The van der Waals surface area contributed by atoms with Crippen LogP contribution in [-0.4, -0.2) is 25.9 Å². The first-order valence-electron chi connectivity index (χ1n) is 8.92. The molecule has 3 aromatic rings. The summed E-state index contributed by atoms with van der Waals surface area (Å²) in [7, 11) is 3.10. The fourth-order valence-corrected chi connectivity index (χ4v) is 2.90. The molecule has 0 fully saturated rings. The fraction of sp³-hybridized carbons (Fsp3) is 0.130. The van der Waals surface area contributed by atoms with Gasteiger partial charge in [-0.3, -0.25) is 9.59 Å². The molecule has 0 spiro atoms. The Bertz CT molecular complexity index is 1030. The van der Waals surface area contributed by atoms with Gasteiger partial charge >= 0.3 is 0 Å². The van der Waals surface area contributed by atoms with Crippen LogP contribution in [-0.2, 0) is 6.54 Å². The summed E-state index contributed by atoms with van der Waals surface area (Å²) in [6, 6.07) is 17.0. The molecule has 6 heteroatoms. The SMILES string of the molecule is COc1ccc(CNC(=O)c2ccccc2C(=O)c2ccc(F)cc2)c(OC)c1. The van der Waals surface area contributed by atoms with Crippen LogP contribution in [0.3, 0.4) is 0 Å². The van der Waals surface area contributed by atoms with Crippen LogP contribution in [0.4, 0.5) is 4.39 Å². The fourth-order valence-electron chi connectivity index (χ4n) is 2.90. The summed E-state index contributed by atoms with van der Waals surface area (Å²) in [5.41, 5.74) is 1.57. The molecule has 0 aliphatic heterocycles. The van der Waals surface area contributed by atoms with Crippen LogP contribution in [0, 0.1) is 5.82 Å². The Labute approximate surface area is 168 Å². The van der Waals surface area contributed by atoms with E-state index in [1.54, 1.807) is 49.6 Å². The number of ketones is 1.